The number of amides is 2. The van der Waals surface area contributed by atoms with Crippen molar-refractivity contribution < 1.29 is 9.72 Å². The molecule has 0 radical (unpaired) electrons. The lowest BCUT2D eigenvalue weighted by Crippen LogP contribution is -2.37. The van der Waals surface area contributed by atoms with Crippen molar-refractivity contribution in [2.45, 2.75) is 19.4 Å². The minimum atomic E-state index is -0.546. The Morgan fingerprint density at radius 3 is 2.81 bits per heavy atom. The third-order valence-corrected chi connectivity index (χ3v) is 4.98. The van der Waals surface area contributed by atoms with Crippen molar-refractivity contribution in [1.82, 2.24) is 10.3 Å². The van der Waals surface area contributed by atoms with Crippen molar-refractivity contribution in [1.29, 1.82) is 0 Å². The number of benzene rings is 2. The Morgan fingerprint density at radius 2 is 2.12 bits per heavy atom. The predicted molar refractivity (Wildman–Crippen MR) is 103 cm³/mol. The molecule has 0 bridgehead atoms. The number of nitrogens with zero attached hydrogens (tertiary/aromatic N) is 2. The summed E-state index contributed by atoms with van der Waals surface area (Å²) in [5, 5.41) is 17.2. The van der Waals surface area contributed by atoms with E-state index in [2.05, 4.69) is 15.6 Å². The van der Waals surface area contributed by atoms with E-state index in [1.807, 2.05) is 31.2 Å². The summed E-state index contributed by atoms with van der Waals surface area (Å²) in [5.41, 5.74) is 1.12. The fourth-order valence-electron chi connectivity index (χ4n) is 2.42. The molecule has 3 rings (SSSR count). The Balaban J connectivity index is 1.59. The standard InChI is InChI=1S/C17H15ClN4O3S/c1-10(8-16-20-14-4-2-3-5-15(14)26-16)19-17(23)21-13-7-6-11(22(24)25)9-12(13)18/h2-7,9-10H,8H2,1H3,(H2,19,21,23)/t10-/m0/s1. The van der Waals surface area contributed by atoms with Crippen LogP contribution >= 0.6 is 22.9 Å². The van der Waals surface area contributed by atoms with E-state index in [0.717, 1.165) is 15.2 Å². The average molecular weight is 391 g/mol. The van der Waals surface area contributed by atoms with Gasteiger partial charge in [-0.1, -0.05) is 23.7 Å². The number of hydrogen-bond donors (Lipinski definition) is 2. The van der Waals surface area contributed by atoms with Crippen molar-refractivity contribution in [2.75, 3.05) is 5.32 Å². The molecule has 2 amide bonds. The van der Waals surface area contributed by atoms with Gasteiger partial charge >= 0.3 is 6.03 Å². The number of halogens is 1. The van der Waals surface area contributed by atoms with E-state index in [4.69, 9.17) is 11.6 Å². The number of para-hydroxylation sites is 1. The third kappa shape index (κ3) is 4.27. The van der Waals surface area contributed by atoms with E-state index in [1.54, 1.807) is 11.3 Å². The average Bonchev–Trinajstić information content (AvgIpc) is 2.98. The Morgan fingerprint density at radius 1 is 1.35 bits per heavy atom. The van der Waals surface area contributed by atoms with E-state index in [-0.39, 0.29) is 16.8 Å². The molecule has 3 aromatic rings. The molecule has 26 heavy (non-hydrogen) atoms. The fraction of sp³-hybridized carbons (Fsp3) is 0.176. The van der Waals surface area contributed by atoms with Gasteiger partial charge in [-0.25, -0.2) is 9.78 Å². The first kappa shape index (κ1) is 18.1. The van der Waals surface area contributed by atoms with Gasteiger partial charge in [-0.2, -0.15) is 0 Å². The zero-order valence-corrected chi connectivity index (χ0v) is 15.3. The third-order valence-electron chi connectivity index (χ3n) is 3.61. The molecule has 0 saturated heterocycles. The first-order valence-corrected chi connectivity index (χ1v) is 8.97. The largest absolute Gasteiger partial charge is 0.335 e. The molecule has 1 heterocycles. The maximum absolute atomic E-state index is 12.1. The molecule has 0 aliphatic heterocycles. The van der Waals surface area contributed by atoms with Crippen molar-refractivity contribution in [2.24, 2.45) is 0 Å². The van der Waals surface area contributed by atoms with Crippen molar-refractivity contribution in [3.63, 3.8) is 0 Å². The molecule has 0 unspecified atom stereocenters. The molecule has 9 heteroatoms. The molecular formula is C17H15ClN4O3S. The van der Waals surface area contributed by atoms with E-state index in [0.29, 0.717) is 12.1 Å². The maximum Gasteiger partial charge on any atom is 0.319 e. The first-order valence-electron chi connectivity index (χ1n) is 7.78. The van der Waals surface area contributed by atoms with E-state index in [1.165, 1.54) is 18.2 Å². The van der Waals surface area contributed by atoms with Crippen LogP contribution in [0.15, 0.2) is 42.5 Å². The molecule has 1 atom stereocenters. The van der Waals surface area contributed by atoms with Gasteiger partial charge in [0, 0.05) is 24.6 Å². The zero-order chi connectivity index (χ0) is 18.7. The van der Waals surface area contributed by atoms with Gasteiger partial charge in [0.05, 0.1) is 30.9 Å². The SMILES string of the molecule is C[C@@H](Cc1nc2ccccc2s1)NC(=O)Nc1ccc([N+](=O)[O-])cc1Cl. The molecule has 0 saturated carbocycles. The number of anilines is 1. The van der Waals surface area contributed by atoms with Gasteiger partial charge in [-0.15, -0.1) is 11.3 Å². The second-order valence-corrected chi connectivity index (χ2v) is 7.22. The van der Waals surface area contributed by atoms with Gasteiger partial charge in [0.2, 0.25) is 0 Å². The number of nitro benzene ring substituents is 1. The topological polar surface area (TPSA) is 97.2 Å². The summed E-state index contributed by atoms with van der Waals surface area (Å²) < 4.78 is 1.11. The van der Waals surface area contributed by atoms with Crippen LogP contribution in [0, 0.1) is 10.1 Å². The zero-order valence-electron chi connectivity index (χ0n) is 13.7. The highest BCUT2D eigenvalue weighted by molar-refractivity contribution is 7.18. The summed E-state index contributed by atoms with van der Waals surface area (Å²) in [6, 6.07) is 11.2. The molecule has 2 N–H and O–H groups in total. The number of hydrogen-bond acceptors (Lipinski definition) is 5. The molecule has 1 aromatic heterocycles. The van der Waals surface area contributed by atoms with Crippen LogP contribution in [-0.4, -0.2) is 22.0 Å². The summed E-state index contributed by atoms with van der Waals surface area (Å²) >= 11 is 7.57. The van der Waals surface area contributed by atoms with Gasteiger partial charge in [-0.3, -0.25) is 10.1 Å². The molecule has 2 aromatic carbocycles. The predicted octanol–water partition coefficient (Wildman–Crippen LogP) is 4.61. The summed E-state index contributed by atoms with van der Waals surface area (Å²) in [4.78, 5) is 26.8. The highest BCUT2D eigenvalue weighted by Crippen LogP contribution is 2.26. The maximum atomic E-state index is 12.1. The monoisotopic (exact) mass is 390 g/mol. The van der Waals surface area contributed by atoms with Crippen molar-refractivity contribution >= 4 is 50.6 Å². The molecule has 0 aliphatic carbocycles. The van der Waals surface area contributed by atoms with Crippen molar-refractivity contribution in [3.8, 4) is 0 Å². The van der Waals surface area contributed by atoms with Crippen LogP contribution in [-0.2, 0) is 6.42 Å². The number of thiazole rings is 1. The second-order valence-electron chi connectivity index (χ2n) is 5.70. The van der Waals surface area contributed by atoms with Crippen LogP contribution < -0.4 is 10.6 Å². The minimum Gasteiger partial charge on any atom is -0.335 e. The normalized spacial score (nSPS) is 11.9. The molecule has 0 fully saturated rings. The van der Waals surface area contributed by atoms with Gasteiger partial charge in [-0.05, 0) is 25.1 Å². The summed E-state index contributed by atoms with van der Waals surface area (Å²) in [6.07, 6.45) is 0.598. The van der Waals surface area contributed by atoms with Crippen LogP contribution in [0.4, 0.5) is 16.2 Å². The summed E-state index contributed by atoms with van der Waals surface area (Å²) in [6.45, 7) is 1.88. The van der Waals surface area contributed by atoms with E-state index < -0.39 is 11.0 Å². The Bertz CT molecular complexity index is 943. The van der Waals surface area contributed by atoms with E-state index >= 15 is 0 Å². The minimum absolute atomic E-state index is 0.105. The van der Waals surface area contributed by atoms with Crippen LogP contribution in [0.3, 0.4) is 0 Å². The molecule has 7 nitrogen and oxygen atoms in total. The lowest BCUT2D eigenvalue weighted by molar-refractivity contribution is -0.384. The van der Waals surface area contributed by atoms with Crippen LogP contribution in [0.5, 0.6) is 0 Å². The highest BCUT2D eigenvalue weighted by Gasteiger charge is 2.14. The number of rotatable bonds is 5. The number of nitrogens with one attached hydrogen (secondary N) is 2. The van der Waals surface area contributed by atoms with Crippen molar-refractivity contribution in [3.05, 3.63) is 62.6 Å². The lowest BCUT2D eigenvalue weighted by Gasteiger charge is -2.14. The molecule has 0 aliphatic rings. The highest BCUT2D eigenvalue weighted by atomic mass is 35.5. The van der Waals surface area contributed by atoms with Crippen LogP contribution in [0.1, 0.15) is 11.9 Å². The number of urea groups is 1. The number of carbonyl (C=O) groups is 1. The number of aromatic nitrogens is 1. The van der Waals surface area contributed by atoms with Gasteiger partial charge < -0.3 is 10.6 Å². The van der Waals surface area contributed by atoms with Gasteiger partial charge in [0.15, 0.2) is 0 Å². The fourth-order valence-corrected chi connectivity index (χ4v) is 3.74. The Kier molecular flexibility index (Phi) is 5.34. The summed E-state index contributed by atoms with van der Waals surface area (Å²) in [7, 11) is 0. The number of fused-ring (bicyclic) bond motifs is 1. The lowest BCUT2D eigenvalue weighted by atomic mass is 10.2. The smallest absolute Gasteiger partial charge is 0.319 e. The van der Waals surface area contributed by atoms with E-state index in [9.17, 15) is 14.9 Å². The van der Waals surface area contributed by atoms with Gasteiger partial charge in [0.25, 0.3) is 5.69 Å². The Hall–Kier alpha value is -2.71. The molecular weight excluding hydrogens is 376 g/mol. The quantitative estimate of drug-likeness (QED) is 0.491. The Labute approximate surface area is 158 Å². The summed E-state index contributed by atoms with van der Waals surface area (Å²) in [5.74, 6) is 0. The van der Waals surface area contributed by atoms with Gasteiger partial charge in [0.1, 0.15) is 0 Å². The second kappa shape index (κ2) is 7.67. The number of nitro groups is 1. The molecule has 134 valence electrons. The first-order chi connectivity index (χ1) is 12.4. The molecule has 0 spiro atoms. The number of carbonyl (C=O) groups excluding carboxylic acids is 1. The van der Waals surface area contributed by atoms with Crippen LogP contribution in [0.2, 0.25) is 5.02 Å². The number of non-ortho nitro benzene ring substituents is 1. The van der Waals surface area contributed by atoms with Crippen LogP contribution in [0.25, 0.3) is 10.2 Å².